The fourth-order valence-corrected chi connectivity index (χ4v) is 2.12. The molecule has 0 amide bonds. The minimum Gasteiger partial charge on any atom is -0.491 e. The Hall–Kier alpha value is -1.23. The molecule has 1 atom stereocenters. The van der Waals surface area contributed by atoms with Crippen molar-refractivity contribution < 1.29 is 9.84 Å². The molecule has 0 saturated carbocycles. The molecule has 0 saturated heterocycles. The molecule has 0 spiro atoms. The normalized spacial score (nSPS) is 11.9. The first kappa shape index (κ1) is 15.2. The van der Waals surface area contributed by atoms with Gasteiger partial charge in [-0.15, -0.1) is 0 Å². The van der Waals surface area contributed by atoms with Gasteiger partial charge in [-0.05, 0) is 42.5 Å². The predicted octanol–water partition coefficient (Wildman–Crippen LogP) is 3.95. The Bertz CT molecular complexity index is 548. The molecule has 0 aliphatic heterocycles. The van der Waals surface area contributed by atoms with Crippen LogP contribution >= 0.6 is 27.5 Å². The quantitative estimate of drug-likeness (QED) is 0.823. The highest BCUT2D eigenvalue weighted by Crippen LogP contribution is 2.18. The van der Waals surface area contributed by atoms with Crippen molar-refractivity contribution in [2.24, 2.45) is 0 Å². The van der Waals surface area contributed by atoms with Crippen LogP contribution in [0, 0.1) is 0 Å². The second-order valence-electron chi connectivity index (χ2n) is 4.31. The Morgan fingerprint density at radius 3 is 2.65 bits per heavy atom. The summed E-state index contributed by atoms with van der Waals surface area (Å²) in [4.78, 5) is 0. The summed E-state index contributed by atoms with van der Waals surface area (Å²) in [5.41, 5.74) is 0.913. The number of ether oxygens (including phenoxy) is 1. The van der Waals surface area contributed by atoms with Gasteiger partial charge in [0.25, 0.3) is 0 Å². The van der Waals surface area contributed by atoms with Crippen molar-refractivity contribution in [3.63, 3.8) is 0 Å². The Balaban J connectivity index is 1.75. The van der Waals surface area contributed by atoms with E-state index in [1.54, 1.807) is 12.1 Å². The van der Waals surface area contributed by atoms with Gasteiger partial charge in [0.05, 0.1) is 0 Å². The van der Waals surface area contributed by atoms with Crippen molar-refractivity contribution in [1.29, 1.82) is 0 Å². The van der Waals surface area contributed by atoms with Gasteiger partial charge >= 0.3 is 0 Å². The summed E-state index contributed by atoms with van der Waals surface area (Å²) in [5, 5.41) is 13.7. The van der Waals surface area contributed by atoms with Gasteiger partial charge in [0, 0.05) is 21.7 Å². The molecule has 0 fully saturated rings. The number of nitrogens with one attached hydrogen (secondary N) is 1. The molecule has 2 N–H and O–H groups in total. The summed E-state index contributed by atoms with van der Waals surface area (Å²) in [6.45, 7) is 0.646. The third-order valence-corrected chi connectivity index (χ3v) is 3.37. The van der Waals surface area contributed by atoms with Crippen LogP contribution in [0.25, 0.3) is 0 Å². The number of aliphatic hydroxyl groups excluding tert-OH is 1. The zero-order valence-corrected chi connectivity index (χ0v) is 13.1. The summed E-state index contributed by atoms with van der Waals surface area (Å²) in [6, 6.07) is 14.9. The molecule has 2 rings (SSSR count). The number of hydrogen-bond donors (Lipinski definition) is 2. The van der Waals surface area contributed by atoms with E-state index in [-0.39, 0.29) is 6.61 Å². The van der Waals surface area contributed by atoms with Crippen molar-refractivity contribution in [3.05, 3.63) is 58.0 Å². The van der Waals surface area contributed by atoms with E-state index in [9.17, 15) is 5.11 Å². The molecule has 1 unspecified atom stereocenters. The van der Waals surface area contributed by atoms with Crippen LogP contribution in [-0.4, -0.2) is 24.4 Å². The minimum atomic E-state index is -0.593. The largest absolute Gasteiger partial charge is 0.491 e. The van der Waals surface area contributed by atoms with Gasteiger partial charge in [-0.2, -0.15) is 0 Å². The number of benzene rings is 2. The van der Waals surface area contributed by atoms with E-state index in [1.807, 2.05) is 36.4 Å². The zero-order valence-electron chi connectivity index (χ0n) is 10.7. The van der Waals surface area contributed by atoms with Crippen LogP contribution in [0.5, 0.6) is 5.75 Å². The molecule has 0 radical (unpaired) electrons. The Labute approximate surface area is 131 Å². The van der Waals surface area contributed by atoms with Crippen molar-refractivity contribution in [2.75, 3.05) is 18.5 Å². The van der Waals surface area contributed by atoms with Crippen LogP contribution in [-0.2, 0) is 0 Å². The number of hydrogen-bond acceptors (Lipinski definition) is 3. The highest BCUT2D eigenvalue weighted by atomic mass is 79.9. The van der Waals surface area contributed by atoms with Gasteiger partial charge in [0.1, 0.15) is 18.5 Å². The van der Waals surface area contributed by atoms with Crippen molar-refractivity contribution >= 4 is 33.2 Å². The van der Waals surface area contributed by atoms with Crippen LogP contribution in [0.15, 0.2) is 53.0 Å². The van der Waals surface area contributed by atoms with E-state index in [2.05, 4.69) is 21.2 Å². The first-order valence-corrected chi connectivity index (χ1v) is 7.36. The highest BCUT2D eigenvalue weighted by molar-refractivity contribution is 9.10. The van der Waals surface area contributed by atoms with Crippen molar-refractivity contribution in [1.82, 2.24) is 0 Å². The number of anilines is 1. The maximum absolute atomic E-state index is 9.87. The van der Waals surface area contributed by atoms with Crippen molar-refractivity contribution in [2.45, 2.75) is 6.10 Å². The third-order valence-electron chi connectivity index (χ3n) is 2.62. The second-order valence-corrected chi connectivity index (χ2v) is 5.66. The highest BCUT2D eigenvalue weighted by Gasteiger charge is 2.05. The molecular weight excluding hydrogens is 342 g/mol. The molecule has 0 aliphatic rings. The van der Waals surface area contributed by atoms with E-state index in [1.165, 1.54) is 0 Å². The summed E-state index contributed by atoms with van der Waals surface area (Å²) in [5.74, 6) is 0.727. The lowest BCUT2D eigenvalue weighted by Crippen LogP contribution is -2.26. The minimum absolute atomic E-state index is 0.233. The van der Waals surface area contributed by atoms with Gasteiger partial charge < -0.3 is 15.2 Å². The van der Waals surface area contributed by atoms with Crippen molar-refractivity contribution in [3.8, 4) is 5.75 Å². The van der Waals surface area contributed by atoms with Gasteiger partial charge in [-0.3, -0.25) is 0 Å². The molecule has 0 bridgehead atoms. The molecule has 0 aromatic heterocycles. The maximum atomic E-state index is 9.87. The molecule has 3 nitrogen and oxygen atoms in total. The average Bonchev–Trinajstić information content (AvgIpc) is 2.45. The molecule has 20 heavy (non-hydrogen) atoms. The van der Waals surface area contributed by atoms with E-state index in [4.69, 9.17) is 16.3 Å². The lowest BCUT2D eigenvalue weighted by atomic mass is 10.3. The van der Waals surface area contributed by atoms with Gasteiger partial charge in [-0.1, -0.05) is 33.6 Å². The topological polar surface area (TPSA) is 41.5 Å². The number of rotatable bonds is 6. The summed E-state index contributed by atoms with van der Waals surface area (Å²) >= 11 is 9.17. The van der Waals surface area contributed by atoms with Crippen LogP contribution in [0.1, 0.15) is 0 Å². The van der Waals surface area contributed by atoms with Crippen LogP contribution in [0.3, 0.4) is 0 Å². The second kappa shape index (κ2) is 7.53. The van der Waals surface area contributed by atoms with Gasteiger partial charge in [-0.25, -0.2) is 0 Å². The molecule has 2 aromatic rings. The lowest BCUT2D eigenvalue weighted by molar-refractivity contribution is 0.117. The third kappa shape index (κ3) is 5.04. The average molecular weight is 357 g/mol. The van der Waals surface area contributed by atoms with Gasteiger partial charge in [0.2, 0.25) is 0 Å². The molecular formula is C15H15BrClNO2. The Kier molecular flexibility index (Phi) is 5.71. The fourth-order valence-electron chi connectivity index (χ4n) is 1.61. The van der Waals surface area contributed by atoms with Gasteiger partial charge in [0.15, 0.2) is 0 Å². The molecule has 5 heteroatoms. The number of aliphatic hydroxyl groups is 1. The lowest BCUT2D eigenvalue weighted by Gasteiger charge is -2.14. The predicted molar refractivity (Wildman–Crippen MR) is 85.6 cm³/mol. The monoisotopic (exact) mass is 355 g/mol. The van der Waals surface area contributed by atoms with Crippen LogP contribution in [0.4, 0.5) is 5.69 Å². The summed E-state index contributed by atoms with van der Waals surface area (Å²) < 4.78 is 6.46. The fraction of sp³-hybridized carbons (Fsp3) is 0.200. The summed E-state index contributed by atoms with van der Waals surface area (Å²) in [6.07, 6.45) is -0.593. The molecule has 106 valence electrons. The number of halogens is 2. The first-order valence-electron chi connectivity index (χ1n) is 6.19. The van der Waals surface area contributed by atoms with E-state index >= 15 is 0 Å². The maximum Gasteiger partial charge on any atom is 0.120 e. The first-order chi connectivity index (χ1) is 9.63. The SMILES string of the molecule is OC(CNc1ccc(Cl)cc1)COc1cccc(Br)c1. The standard InChI is InChI=1S/C15H15BrClNO2/c16-11-2-1-3-15(8-11)20-10-14(19)9-18-13-6-4-12(17)5-7-13/h1-8,14,18-19H,9-10H2. The summed E-state index contributed by atoms with van der Waals surface area (Å²) in [7, 11) is 0. The Morgan fingerprint density at radius 1 is 1.20 bits per heavy atom. The smallest absolute Gasteiger partial charge is 0.120 e. The molecule has 2 aromatic carbocycles. The van der Waals surface area contributed by atoms with E-state index in [0.717, 1.165) is 15.9 Å². The molecule has 0 heterocycles. The van der Waals surface area contributed by atoms with Crippen LogP contribution in [0.2, 0.25) is 5.02 Å². The molecule has 0 aliphatic carbocycles. The zero-order chi connectivity index (χ0) is 14.4. The Morgan fingerprint density at radius 2 is 1.95 bits per heavy atom. The van der Waals surface area contributed by atoms with E-state index in [0.29, 0.717) is 11.6 Å². The van der Waals surface area contributed by atoms with E-state index < -0.39 is 6.10 Å². The van der Waals surface area contributed by atoms with Crippen LogP contribution < -0.4 is 10.1 Å².